The first-order valence-electron chi connectivity index (χ1n) is 7.10. The molecule has 2 aromatic rings. The molecule has 2 rings (SSSR count). The Bertz CT molecular complexity index is 755. The standard InChI is InChI=1S/C17H17N3O3/c1-12-8-9-15(11-16(12)20(22)23)17(21)19-18-13(2)10-14-6-4-3-5-7-14/h3-9,11H,10H2,1-2H3,(H,19,21). The molecule has 1 amide bonds. The van der Waals surface area contributed by atoms with Crippen molar-refractivity contribution in [1.82, 2.24) is 5.43 Å². The maximum absolute atomic E-state index is 12.0. The summed E-state index contributed by atoms with van der Waals surface area (Å²) in [5, 5.41) is 15.0. The van der Waals surface area contributed by atoms with E-state index in [-0.39, 0.29) is 11.3 Å². The molecule has 0 aromatic heterocycles. The second kappa shape index (κ2) is 7.31. The van der Waals surface area contributed by atoms with E-state index in [1.165, 1.54) is 6.07 Å². The zero-order chi connectivity index (χ0) is 16.8. The Morgan fingerprint density at radius 2 is 1.91 bits per heavy atom. The van der Waals surface area contributed by atoms with E-state index in [9.17, 15) is 14.9 Å². The molecule has 0 fully saturated rings. The number of rotatable bonds is 5. The lowest BCUT2D eigenvalue weighted by Gasteiger charge is -2.04. The predicted molar refractivity (Wildman–Crippen MR) is 88.6 cm³/mol. The molecule has 0 aliphatic rings. The zero-order valence-corrected chi connectivity index (χ0v) is 12.9. The molecule has 6 nitrogen and oxygen atoms in total. The number of nitro groups is 1. The van der Waals surface area contributed by atoms with E-state index in [2.05, 4.69) is 10.5 Å². The van der Waals surface area contributed by atoms with Gasteiger partial charge in [0.15, 0.2) is 0 Å². The number of nitrogens with one attached hydrogen (secondary N) is 1. The molecule has 0 aliphatic heterocycles. The van der Waals surface area contributed by atoms with Gasteiger partial charge >= 0.3 is 0 Å². The Kier molecular flexibility index (Phi) is 5.19. The molecular weight excluding hydrogens is 294 g/mol. The molecule has 6 heteroatoms. The van der Waals surface area contributed by atoms with Gasteiger partial charge < -0.3 is 0 Å². The molecule has 0 bridgehead atoms. The Balaban J connectivity index is 2.06. The van der Waals surface area contributed by atoms with Crippen LogP contribution in [0, 0.1) is 17.0 Å². The molecule has 1 N–H and O–H groups in total. The highest BCUT2D eigenvalue weighted by Crippen LogP contribution is 2.19. The third-order valence-electron chi connectivity index (χ3n) is 3.32. The van der Waals surface area contributed by atoms with Gasteiger partial charge in [-0.2, -0.15) is 5.10 Å². The predicted octanol–water partition coefficient (Wildman–Crippen LogP) is 3.25. The molecule has 0 spiro atoms. The lowest BCUT2D eigenvalue weighted by molar-refractivity contribution is -0.385. The summed E-state index contributed by atoms with van der Waals surface area (Å²) in [4.78, 5) is 22.5. The van der Waals surface area contributed by atoms with Crippen LogP contribution in [0.15, 0.2) is 53.6 Å². The van der Waals surface area contributed by atoms with Crippen LogP contribution in [0.3, 0.4) is 0 Å². The Labute approximate surface area is 134 Å². The highest BCUT2D eigenvalue weighted by Gasteiger charge is 2.14. The van der Waals surface area contributed by atoms with Crippen LogP contribution in [-0.2, 0) is 6.42 Å². The molecule has 0 heterocycles. The van der Waals surface area contributed by atoms with Crippen molar-refractivity contribution in [3.05, 3.63) is 75.3 Å². The molecule has 0 atom stereocenters. The van der Waals surface area contributed by atoms with Gasteiger partial charge in [-0.05, 0) is 25.5 Å². The van der Waals surface area contributed by atoms with Gasteiger partial charge in [0.25, 0.3) is 11.6 Å². The molecule has 118 valence electrons. The minimum atomic E-state index is -0.504. The third kappa shape index (κ3) is 4.47. The molecular formula is C17H17N3O3. The molecule has 2 aromatic carbocycles. The lowest BCUT2D eigenvalue weighted by atomic mass is 10.1. The van der Waals surface area contributed by atoms with Crippen LogP contribution in [0.5, 0.6) is 0 Å². The average Bonchev–Trinajstić information content (AvgIpc) is 2.53. The van der Waals surface area contributed by atoms with Gasteiger partial charge in [-0.3, -0.25) is 14.9 Å². The largest absolute Gasteiger partial charge is 0.273 e. The van der Waals surface area contributed by atoms with E-state index < -0.39 is 10.8 Å². The molecule has 0 saturated heterocycles. The average molecular weight is 311 g/mol. The highest BCUT2D eigenvalue weighted by molar-refractivity contribution is 5.96. The van der Waals surface area contributed by atoms with E-state index in [0.29, 0.717) is 12.0 Å². The van der Waals surface area contributed by atoms with Crippen LogP contribution >= 0.6 is 0 Å². The SMILES string of the molecule is CC(Cc1ccccc1)=NNC(=O)c1ccc(C)c([N+](=O)[O-])c1. The van der Waals surface area contributed by atoms with Crippen LogP contribution in [0.2, 0.25) is 0 Å². The summed E-state index contributed by atoms with van der Waals surface area (Å²) in [5.41, 5.74) is 4.90. The number of amides is 1. The highest BCUT2D eigenvalue weighted by atomic mass is 16.6. The quantitative estimate of drug-likeness (QED) is 0.522. The van der Waals surface area contributed by atoms with E-state index in [1.54, 1.807) is 19.1 Å². The van der Waals surface area contributed by atoms with Crippen molar-refractivity contribution in [2.75, 3.05) is 0 Å². The maximum Gasteiger partial charge on any atom is 0.273 e. The topological polar surface area (TPSA) is 84.6 Å². The monoisotopic (exact) mass is 311 g/mol. The van der Waals surface area contributed by atoms with Crippen LogP contribution in [0.1, 0.15) is 28.4 Å². The van der Waals surface area contributed by atoms with Gasteiger partial charge in [-0.15, -0.1) is 0 Å². The number of hydrogen-bond acceptors (Lipinski definition) is 4. The van der Waals surface area contributed by atoms with E-state index in [4.69, 9.17) is 0 Å². The van der Waals surface area contributed by atoms with Crippen LogP contribution < -0.4 is 5.43 Å². The smallest absolute Gasteiger partial charge is 0.267 e. The van der Waals surface area contributed by atoms with Crippen molar-refractivity contribution in [3.8, 4) is 0 Å². The van der Waals surface area contributed by atoms with Crippen molar-refractivity contribution < 1.29 is 9.72 Å². The van der Waals surface area contributed by atoms with Crippen molar-refractivity contribution in [3.63, 3.8) is 0 Å². The number of hydrazone groups is 1. The fourth-order valence-electron chi connectivity index (χ4n) is 2.09. The van der Waals surface area contributed by atoms with Crippen molar-refractivity contribution in [2.45, 2.75) is 20.3 Å². The van der Waals surface area contributed by atoms with Crippen molar-refractivity contribution >= 4 is 17.3 Å². The molecule has 0 radical (unpaired) electrons. The van der Waals surface area contributed by atoms with E-state index in [1.807, 2.05) is 37.3 Å². The number of benzene rings is 2. The van der Waals surface area contributed by atoms with Gasteiger partial charge in [-0.1, -0.05) is 36.4 Å². The number of nitro benzene ring substituents is 1. The minimum Gasteiger partial charge on any atom is -0.267 e. The maximum atomic E-state index is 12.0. The normalized spacial score (nSPS) is 11.1. The third-order valence-corrected chi connectivity index (χ3v) is 3.32. The van der Waals surface area contributed by atoms with E-state index in [0.717, 1.165) is 11.3 Å². The number of hydrogen-bond donors (Lipinski definition) is 1. The zero-order valence-electron chi connectivity index (χ0n) is 12.9. The first-order valence-corrected chi connectivity index (χ1v) is 7.10. The Hall–Kier alpha value is -3.02. The van der Waals surface area contributed by atoms with E-state index >= 15 is 0 Å². The molecule has 23 heavy (non-hydrogen) atoms. The fourth-order valence-corrected chi connectivity index (χ4v) is 2.09. The fraction of sp³-hybridized carbons (Fsp3) is 0.176. The summed E-state index contributed by atoms with van der Waals surface area (Å²) in [7, 11) is 0. The van der Waals surface area contributed by atoms with Crippen molar-refractivity contribution in [2.24, 2.45) is 5.10 Å². The molecule has 0 aliphatic carbocycles. The first-order chi connectivity index (χ1) is 11.0. The summed E-state index contributed by atoms with van der Waals surface area (Å²) in [6.07, 6.45) is 0.620. The van der Waals surface area contributed by atoms with Crippen LogP contribution in [0.25, 0.3) is 0 Å². The summed E-state index contributed by atoms with van der Waals surface area (Å²) < 4.78 is 0. The minimum absolute atomic E-state index is 0.0809. The van der Waals surface area contributed by atoms with Gasteiger partial charge in [0.1, 0.15) is 0 Å². The second-order valence-electron chi connectivity index (χ2n) is 5.21. The molecule has 0 saturated carbocycles. The molecule has 0 unspecified atom stereocenters. The van der Waals surface area contributed by atoms with Crippen molar-refractivity contribution in [1.29, 1.82) is 0 Å². The van der Waals surface area contributed by atoms with Crippen LogP contribution in [0.4, 0.5) is 5.69 Å². The Morgan fingerprint density at radius 1 is 1.22 bits per heavy atom. The number of carbonyl (C=O) groups is 1. The van der Waals surface area contributed by atoms with Gasteiger partial charge in [0, 0.05) is 29.3 Å². The number of nitrogens with zero attached hydrogens (tertiary/aromatic N) is 2. The van der Waals surface area contributed by atoms with Gasteiger partial charge in [-0.25, -0.2) is 5.43 Å². The Morgan fingerprint density at radius 3 is 2.57 bits per heavy atom. The van der Waals surface area contributed by atoms with Crippen LogP contribution in [-0.4, -0.2) is 16.5 Å². The number of carbonyl (C=O) groups excluding carboxylic acids is 1. The summed E-state index contributed by atoms with van der Waals surface area (Å²) in [5.74, 6) is -0.472. The summed E-state index contributed by atoms with van der Waals surface area (Å²) in [6, 6.07) is 14.1. The number of aryl methyl sites for hydroxylation is 1. The van der Waals surface area contributed by atoms with Gasteiger partial charge in [0.2, 0.25) is 0 Å². The summed E-state index contributed by atoms with van der Waals surface area (Å²) in [6.45, 7) is 3.44. The second-order valence-corrected chi connectivity index (χ2v) is 5.21. The van der Waals surface area contributed by atoms with Gasteiger partial charge in [0.05, 0.1) is 4.92 Å². The lowest BCUT2D eigenvalue weighted by Crippen LogP contribution is -2.19. The summed E-state index contributed by atoms with van der Waals surface area (Å²) >= 11 is 0. The first kappa shape index (κ1) is 16.4.